The molecule has 0 aliphatic heterocycles. The van der Waals surface area contributed by atoms with Gasteiger partial charge in [-0.25, -0.2) is 0 Å². The highest BCUT2D eigenvalue weighted by atomic mass is 35.5. The fourth-order valence-corrected chi connectivity index (χ4v) is 1.19. The molecule has 3 nitrogen and oxygen atoms in total. The maximum absolute atomic E-state index is 11.2. The number of allylic oxidation sites excluding steroid dienone is 1. The van der Waals surface area contributed by atoms with Crippen LogP contribution in [0, 0.1) is 0 Å². The third-order valence-corrected chi connectivity index (χ3v) is 2.21. The third kappa shape index (κ3) is 1.52. The van der Waals surface area contributed by atoms with E-state index in [1.165, 1.54) is 19.3 Å². The number of alkyl halides is 1. The molecule has 0 fully saturated rings. The third-order valence-electron chi connectivity index (χ3n) is 1.74. The second kappa shape index (κ2) is 3.29. The SMILES string of the molecule is COC1(Cl)C/C(=C\O)C=CC1=O. The molecule has 1 aliphatic carbocycles. The maximum Gasteiger partial charge on any atom is 0.208 e. The van der Waals surface area contributed by atoms with Crippen LogP contribution in [0.3, 0.4) is 0 Å². The Kier molecular flexibility index (Phi) is 2.55. The van der Waals surface area contributed by atoms with E-state index >= 15 is 0 Å². The number of rotatable bonds is 1. The van der Waals surface area contributed by atoms with Gasteiger partial charge < -0.3 is 9.84 Å². The van der Waals surface area contributed by atoms with Crippen molar-refractivity contribution in [1.29, 1.82) is 0 Å². The average molecular weight is 189 g/mol. The molecule has 0 aromatic carbocycles. The van der Waals surface area contributed by atoms with E-state index in [2.05, 4.69) is 0 Å². The highest BCUT2D eigenvalue weighted by Crippen LogP contribution is 2.30. The van der Waals surface area contributed by atoms with E-state index in [4.69, 9.17) is 21.4 Å². The lowest BCUT2D eigenvalue weighted by molar-refractivity contribution is -0.127. The number of hydrogen-bond donors (Lipinski definition) is 1. The van der Waals surface area contributed by atoms with Crippen LogP contribution in [0.4, 0.5) is 0 Å². The Morgan fingerprint density at radius 1 is 1.75 bits per heavy atom. The van der Waals surface area contributed by atoms with Gasteiger partial charge in [0.25, 0.3) is 0 Å². The molecule has 0 radical (unpaired) electrons. The molecule has 1 unspecified atom stereocenters. The van der Waals surface area contributed by atoms with Crippen molar-refractivity contribution < 1.29 is 14.6 Å². The van der Waals surface area contributed by atoms with Crippen LogP contribution in [0.15, 0.2) is 24.0 Å². The number of carbonyl (C=O) groups is 1. The van der Waals surface area contributed by atoms with Gasteiger partial charge in [0.05, 0.1) is 6.26 Å². The summed E-state index contributed by atoms with van der Waals surface area (Å²) < 4.78 is 4.84. The molecule has 1 aliphatic rings. The van der Waals surface area contributed by atoms with Crippen LogP contribution < -0.4 is 0 Å². The van der Waals surface area contributed by atoms with Crippen LogP contribution in [-0.4, -0.2) is 23.1 Å². The van der Waals surface area contributed by atoms with E-state index in [-0.39, 0.29) is 12.2 Å². The zero-order valence-corrected chi connectivity index (χ0v) is 7.34. The summed E-state index contributed by atoms with van der Waals surface area (Å²) in [7, 11) is 1.36. The summed E-state index contributed by atoms with van der Waals surface area (Å²) in [6.45, 7) is 0. The maximum atomic E-state index is 11.2. The quantitative estimate of drug-likeness (QED) is 0.502. The molecule has 1 atom stereocenters. The Balaban J connectivity index is 2.94. The summed E-state index contributed by atoms with van der Waals surface area (Å²) in [6, 6.07) is 0. The lowest BCUT2D eigenvalue weighted by Crippen LogP contribution is -2.35. The first-order valence-corrected chi connectivity index (χ1v) is 3.80. The van der Waals surface area contributed by atoms with Crippen LogP contribution in [0.5, 0.6) is 0 Å². The Bertz CT molecular complexity index is 257. The lowest BCUT2D eigenvalue weighted by atomic mass is 9.98. The molecular weight excluding hydrogens is 180 g/mol. The van der Waals surface area contributed by atoms with E-state index in [9.17, 15) is 4.79 Å². The van der Waals surface area contributed by atoms with E-state index in [0.29, 0.717) is 5.57 Å². The van der Waals surface area contributed by atoms with Crippen LogP contribution >= 0.6 is 11.6 Å². The molecule has 0 saturated heterocycles. The minimum Gasteiger partial charge on any atom is -0.515 e. The molecule has 0 heterocycles. The lowest BCUT2D eigenvalue weighted by Gasteiger charge is -2.25. The van der Waals surface area contributed by atoms with Crippen molar-refractivity contribution in [3.05, 3.63) is 24.0 Å². The number of aliphatic hydroxyl groups is 1. The molecule has 0 spiro atoms. The first kappa shape index (κ1) is 9.29. The second-order valence-corrected chi connectivity index (χ2v) is 3.12. The first-order chi connectivity index (χ1) is 5.62. The van der Waals surface area contributed by atoms with Crippen molar-refractivity contribution in [1.82, 2.24) is 0 Å². The normalized spacial score (nSPS) is 32.8. The number of aliphatic hydroxyl groups excluding tert-OH is 1. The molecule has 0 bridgehead atoms. The minimum atomic E-state index is -1.33. The van der Waals surface area contributed by atoms with Gasteiger partial charge in [0.1, 0.15) is 0 Å². The molecule has 0 aromatic heterocycles. The number of ketones is 1. The summed E-state index contributed by atoms with van der Waals surface area (Å²) in [6.07, 6.45) is 3.92. The van der Waals surface area contributed by atoms with Gasteiger partial charge in [0.2, 0.25) is 10.8 Å². The van der Waals surface area contributed by atoms with Gasteiger partial charge in [0, 0.05) is 13.5 Å². The molecule has 12 heavy (non-hydrogen) atoms. The fourth-order valence-electron chi connectivity index (χ4n) is 0.977. The zero-order chi connectivity index (χ0) is 9.19. The Labute approximate surface area is 75.3 Å². The van der Waals surface area contributed by atoms with Crippen LogP contribution in [0.25, 0.3) is 0 Å². The molecule has 4 heteroatoms. The van der Waals surface area contributed by atoms with Crippen molar-refractivity contribution in [3.8, 4) is 0 Å². The van der Waals surface area contributed by atoms with Gasteiger partial charge in [-0.15, -0.1) is 0 Å². The standard InChI is InChI=1S/C8H9ClO3/c1-12-8(9)4-6(5-10)2-3-7(8)11/h2-3,5,10H,4H2,1H3/b6-5-. The highest BCUT2D eigenvalue weighted by molar-refractivity contribution is 6.36. The van der Waals surface area contributed by atoms with Gasteiger partial charge >= 0.3 is 0 Å². The zero-order valence-electron chi connectivity index (χ0n) is 6.58. The number of hydrogen-bond acceptors (Lipinski definition) is 3. The summed E-state index contributed by atoms with van der Waals surface area (Å²) in [4.78, 5) is 11.2. The summed E-state index contributed by atoms with van der Waals surface area (Å²) >= 11 is 5.81. The predicted molar refractivity (Wildman–Crippen MR) is 45.1 cm³/mol. The summed E-state index contributed by atoms with van der Waals surface area (Å²) in [5.74, 6) is -0.294. The van der Waals surface area contributed by atoms with Gasteiger partial charge in [-0.05, 0) is 11.6 Å². The average Bonchev–Trinajstić information content (AvgIpc) is 2.10. The van der Waals surface area contributed by atoms with Crippen LogP contribution in [0.2, 0.25) is 0 Å². The van der Waals surface area contributed by atoms with Gasteiger partial charge in [-0.2, -0.15) is 0 Å². The number of halogens is 1. The summed E-state index contributed by atoms with van der Waals surface area (Å²) in [5.41, 5.74) is 0.575. The topological polar surface area (TPSA) is 46.5 Å². The monoisotopic (exact) mass is 188 g/mol. The molecule has 1 rings (SSSR count). The highest BCUT2D eigenvalue weighted by Gasteiger charge is 2.37. The molecular formula is C8H9ClO3. The molecule has 0 aromatic rings. The van der Waals surface area contributed by atoms with Crippen molar-refractivity contribution in [2.45, 2.75) is 11.5 Å². The van der Waals surface area contributed by atoms with Gasteiger partial charge in [-0.3, -0.25) is 4.79 Å². The van der Waals surface area contributed by atoms with E-state index in [1.807, 2.05) is 0 Å². The van der Waals surface area contributed by atoms with Crippen molar-refractivity contribution in [2.75, 3.05) is 7.11 Å². The Morgan fingerprint density at radius 3 is 2.92 bits per heavy atom. The summed E-state index contributed by atoms with van der Waals surface area (Å²) in [5, 5.41) is 7.34. The second-order valence-electron chi connectivity index (χ2n) is 2.51. The molecule has 1 N–H and O–H groups in total. The van der Waals surface area contributed by atoms with Gasteiger partial charge in [0.15, 0.2) is 0 Å². The predicted octanol–water partition coefficient (Wildman–Crippen LogP) is 1.54. The van der Waals surface area contributed by atoms with Crippen molar-refractivity contribution in [2.24, 2.45) is 0 Å². The first-order valence-electron chi connectivity index (χ1n) is 3.42. The molecule has 66 valence electrons. The Hall–Kier alpha value is -0.800. The van der Waals surface area contributed by atoms with Crippen LogP contribution in [0.1, 0.15) is 6.42 Å². The molecule has 0 amide bonds. The van der Waals surface area contributed by atoms with Crippen molar-refractivity contribution >= 4 is 17.4 Å². The number of ether oxygens (including phenoxy) is 1. The van der Waals surface area contributed by atoms with E-state index in [1.54, 1.807) is 0 Å². The van der Waals surface area contributed by atoms with E-state index < -0.39 is 5.06 Å². The molecule has 0 saturated carbocycles. The number of methoxy groups -OCH3 is 1. The Morgan fingerprint density at radius 2 is 2.42 bits per heavy atom. The van der Waals surface area contributed by atoms with E-state index in [0.717, 1.165) is 6.26 Å². The van der Waals surface area contributed by atoms with Gasteiger partial charge in [-0.1, -0.05) is 17.7 Å². The van der Waals surface area contributed by atoms with Crippen molar-refractivity contribution in [3.63, 3.8) is 0 Å². The number of carbonyl (C=O) groups excluding carboxylic acids is 1. The smallest absolute Gasteiger partial charge is 0.208 e. The van der Waals surface area contributed by atoms with Crippen LogP contribution in [-0.2, 0) is 9.53 Å². The minimum absolute atomic E-state index is 0.191. The fraction of sp³-hybridized carbons (Fsp3) is 0.375. The largest absolute Gasteiger partial charge is 0.515 e.